The molecule has 0 radical (unpaired) electrons. The number of halogens is 2. The molecule has 0 saturated carbocycles. The number of nitrogens with zero attached hydrogens (tertiary/aromatic N) is 1. The highest BCUT2D eigenvalue weighted by molar-refractivity contribution is 5.81. The molecule has 3 aromatic rings. The minimum atomic E-state index is -0.733. The fraction of sp³-hybridized carbons (Fsp3) is 0.355. The molecule has 1 N–H and O–H groups in total. The van der Waals surface area contributed by atoms with E-state index in [1.807, 2.05) is 49.9 Å². The van der Waals surface area contributed by atoms with Crippen molar-refractivity contribution >= 4 is 11.8 Å². The number of carbonyl (C=O) groups excluding carboxylic acids is 2. The van der Waals surface area contributed by atoms with Gasteiger partial charge in [-0.25, -0.2) is 8.78 Å². The molecule has 0 spiro atoms. The Morgan fingerprint density at radius 2 is 1.79 bits per heavy atom. The van der Waals surface area contributed by atoms with Crippen molar-refractivity contribution in [2.45, 2.75) is 58.7 Å². The van der Waals surface area contributed by atoms with Gasteiger partial charge in [-0.15, -0.1) is 0 Å². The third kappa shape index (κ3) is 6.57. The van der Waals surface area contributed by atoms with Crippen LogP contribution in [0.2, 0.25) is 0 Å². The van der Waals surface area contributed by atoms with Gasteiger partial charge in [-0.2, -0.15) is 0 Å². The molecule has 5 nitrogen and oxygen atoms in total. The van der Waals surface area contributed by atoms with Gasteiger partial charge in [0.1, 0.15) is 17.4 Å². The Morgan fingerprint density at radius 3 is 2.47 bits per heavy atom. The summed E-state index contributed by atoms with van der Waals surface area (Å²) in [4.78, 5) is 27.9. The van der Waals surface area contributed by atoms with Crippen molar-refractivity contribution in [2.75, 3.05) is 6.54 Å². The van der Waals surface area contributed by atoms with Crippen molar-refractivity contribution in [3.63, 3.8) is 0 Å². The normalized spacial score (nSPS) is 15.6. The summed E-state index contributed by atoms with van der Waals surface area (Å²) in [5.74, 6) is -0.231. The number of rotatable bonds is 9. The zero-order valence-electron chi connectivity index (χ0n) is 22.0. The van der Waals surface area contributed by atoms with Crippen LogP contribution < -0.4 is 10.1 Å². The maximum absolute atomic E-state index is 14.2. The van der Waals surface area contributed by atoms with Crippen LogP contribution in [-0.2, 0) is 22.6 Å². The molecule has 1 heterocycles. The van der Waals surface area contributed by atoms with E-state index in [0.29, 0.717) is 37.1 Å². The Labute approximate surface area is 222 Å². The quantitative estimate of drug-likeness (QED) is 0.379. The summed E-state index contributed by atoms with van der Waals surface area (Å²) in [7, 11) is 0. The van der Waals surface area contributed by atoms with Gasteiger partial charge >= 0.3 is 0 Å². The average molecular weight is 521 g/mol. The van der Waals surface area contributed by atoms with Crippen molar-refractivity contribution in [2.24, 2.45) is 5.92 Å². The first-order valence-corrected chi connectivity index (χ1v) is 13.1. The van der Waals surface area contributed by atoms with E-state index in [9.17, 15) is 18.4 Å². The summed E-state index contributed by atoms with van der Waals surface area (Å²) in [6, 6.07) is 17.5. The molecule has 0 fully saturated rings. The van der Waals surface area contributed by atoms with E-state index < -0.39 is 12.1 Å². The predicted molar refractivity (Wildman–Crippen MR) is 143 cm³/mol. The number of fused-ring (bicyclic) bond motifs is 1. The van der Waals surface area contributed by atoms with Crippen molar-refractivity contribution in [1.29, 1.82) is 0 Å². The van der Waals surface area contributed by atoms with Crippen LogP contribution in [0.4, 0.5) is 8.78 Å². The van der Waals surface area contributed by atoms with Crippen LogP contribution in [0.5, 0.6) is 5.75 Å². The van der Waals surface area contributed by atoms with Gasteiger partial charge in [-0.05, 0) is 77.4 Å². The topological polar surface area (TPSA) is 58.6 Å². The molecule has 7 heteroatoms. The summed E-state index contributed by atoms with van der Waals surface area (Å²) in [5.41, 5.74) is 3.42. The molecule has 38 heavy (non-hydrogen) atoms. The molecule has 1 aliphatic heterocycles. The first kappa shape index (κ1) is 27.3. The monoisotopic (exact) mass is 520 g/mol. The predicted octanol–water partition coefficient (Wildman–Crippen LogP) is 5.96. The number of benzene rings is 3. The van der Waals surface area contributed by atoms with Gasteiger partial charge in [0, 0.05) is 19.5 Å². The summed E-state index contributed by atoms with van der Waals surface area (Å²) < 4.78 is 33.5. The van der Waals surface area contributed by atoms with Gasteiger partial charge in [0.2, 0.25) is 5.91 Å². The summed E-state index contributed by atoms with van der Waals surface area (Å²) in [5, 5.41) is 2.85. The van der Waals surface area contributed by atoms with E-state index in [2.05, 4.69) is 5.32 Å². The van der Waals surface area contributed by atoms with Crippen LogP contribution in [0.1, 0.15) is 61.9 Å². The Balaban J connectivity index is 1.58. The van der Waals surface area contributed by atoms with Crippen LogP contribution in [0, 0.1) is 17.6 Å². The third-order valence-corrected chi connectivity index (χ3v) is 6.73. The summed E-state index contributed by atoms with van der Waals surface area (Å²) in [6.07, 6.45) is 0.798. The molecular formula is C31H34F2N2O3. The van der Waals surface area contributed by atoms with E-state index in [-0.39, 0.29) is 35.9 Å². The molecule has 0 saturated heterocycles. The highest BCUT2D eigenvalue weighted by Crippen LogP contribution is 2.38. The Morgan fingerprint density at radius 1 is 1.03 bits per heavy atom. The van der Waals surface area contributed by atoms with E-state index in [1.165, 1.54) is 24.3 Å². The molecule has 0 aromatic heterocycles. The molecule has 3 aromatic carbocycles. The van der Waals surface area contributed by atoms with Gasteiger partial charge in [-0.1, -0.05) is 51.1 Å². The molecule has 200 valence electrons. The lowest BCUT2D eigenvalue weighted by Crippen LogP contribution is -2.41. The lowest BCUT2D eigenvalue weighted by atomic mass is 9.87. The van der Waals surface area contributed by atoms with Gasteiger partial charge in [0.15, 0.2) is 6.10 Å². The van der Waals surface area contributed by atoms with Gasteiger partial charge in [0.05, 0.1) is 6.04 Å². The lowest BCUT2D eigenvalue weighted by molar-refractivity contribution is -0.134. The Bertz CT molecular complexity index is 1280. The fourth-order valence-corrected chi connectivity index (χ4v) is 4.83. The fourth-order valence-electron chi connectivity index (χ4n) is 4.83. The lowest BCUT2D eigenvalue weighted by Gasteiger charge is -2.38. The van der Waals surface area contributed by atoms with Gasteiger partial charge in [-0.3, -0.25) is 9.59 Å². The highest BCUT2D eigenvalue weighted by Gasteiger charge is 2.33. The number of nitrogens with one attached hydrogen (secondary N) is 1. The molecule has 2 atom stereocenters. The van der Waals surface area contributed by atoms with Gasteiger partial charge in [0.25, 0.3) is 5.91 Å². The Kier molecular flexibility index (Phi) is 8.77. The van der Waals surface area contributed by atoms with E-state index in [0.717, 1.165) is 16.7 Å². The van der Waals surface area contributed by atoms with Crippen molar-refractivity contribution in [3.8, 4) is 5.75 Å². The maximum Gasteiger partial charge on any atom is 0.261 e. The first-order chi connectivity index (χ1) is 18.2. The number of hydrogen-bond acceptors (Lipinski definition) is 3. The van der Waals surface area contributed by atoms with E-state index >= 15 is 0 Å². The molecule has 0 bridgehead atoms. The van der Waals surface area contributed by atoms with Gasteiger partial charge < -0.3 is 15.0 Å². The van der Waals surface area contributed by atoms with Crippen molar-refractivity contribution < 1.29 is 23.1 Å². The second kappa shape index (κ2) is 12.2. The number of ether oxygens (including phenoxy) is 1. The van der Waals surface area contributed by atoms with Crippen molar-refractivity contribution in [1.82, 2.24) is 10.2 Å². The largest absolute Gasteiger partial charge is 0.481 e. The summed E-state index contributed by atoms with van der Waals surface area (Å²) in [6.45, 7) is 6.68. The third-order valence-electron chi connectivity index (χ3n) is 6.73. The molecule has 0 aliphatic carbocycles. The van der Waals surface area contributed by atoms with Crippen LogP contribution in [0.25, 0.3) is 0 Å². The van der Waals surface area contributed by atoms with Crippen LogP contribution in [-0.4, -0.2) is 29.4 Å². The minimum Gasteiger partial charge on any atom is -0.481 e. The van der Waals surface area contributed by atoms with Crippen molar-refractivity contribution in [3.05, 3.63) is 101 Å². The second-order valence-electron chi connectivity index (χ2n) is 10.1. The van der Waals surface area contributed by atoms with Crippen LogP contribution in [0.3, 0.4) is 0 Å². The first-order valence-electron chi connectivity index (χ1n) is 13.1. The minimum absolute atomic E-state index is 0.0258. The Hall–Kier alpha value is -3.74. The zero-order chi connectivity index (χ0) is 27.2. The molecule has 2 amide bonds. The number of hydrogen-bond donors (Lipinski definition) is 1. The number of carbonyl (C=O) groups is 2. The van der Waals surface area contributed by atoms with Crippen LogP contribution in [0.15, 0.2) is 66.7 Å². The van der Waals surface area contributed by atoms with E-state index in [4.69, 9.17) is 4.74 Å². The SMILES string of the molecule is CC[C@@H](Oc1ccc2c(c1)[C@H](c1cccc(F)c1)N(C(=O)CC(C)C)CC2)C(=O)NCc1ccc(F)cc1. The highest BCUT2D eigenvalue weighted by atomic mass is 19.1. The molecule has 0 unspecified atom stereocenters. The van der Waals surface area contributed by atoms with Crippen LogP contribution >= 0.6 is 0 Å². The molecule has 1 aliphatic rings. The smallest absolute Gasteiger partial charge is 0.261 e. The molecular weight excluding hydrogens is 486 g/mol. The van der Waals surface area contributed by atoms with E-state index in [1.54, 1.807) is 18.2 Å². The summed E-state index contributed by atoms with van der Waals surface area (Å²) >= 11 is 0. The standard InChI is InChI=1S/C31H34F2N2O3/c1-4-28(31(37)34-19-21-8-11-24(32)12-9-21)38-26-13-10-22-14-15-35(29(36)16-20(2)3)30(27(22)18-26)23-6-5-7-25(33)17-23/h5-13,17-18,20,28,30H,4,14-16,19H2,1-3H3,(H,34,37)/t28-,30+/m1/s1. The number of amides is 2. The second-order valence-corrected chi connectivity index (χ2v) is 10.1. The molecule has 4 rings (SSSR count). The maximum atomic E-state index is 14.2. The average Bonchev–Trinajstić information content (AvgIpc) is 2.90. The zero-order valence-corrected chi connectivity index (χ0v) is 22.0.